The van der Waals surface area contributed by atoms with E-state index in [-0.39, 0.29) is 0 Å². The first-order valence-electron chi connectivity index (χ1n) is 4.85. The van der Waals surface area contributed by atoms with Crippen LogP contribution in [0.1, 0.15) is 5.76 Å². The standard InChI is InChI=1S/C11H9N3OS/c1-7-8(4-5-15-7)10-12-11(14-13-10)9-3-2-6-16-9/h2-6H,1H3,(H,12,13,14). The number of thiophene rings is 1. The summed E-state index contributed by atoms with van der Waals surface area (Å²) in [4.78, 5) is 5.52. The van der Waals surface area contributed by atoms with E-state index in [4.69, 9.17) is 4.42 Å². The summed E-state index contributed by atoms with van der Waals surface area (Å²) in [7, 11) is 0. The molecule has 3 aromatic heterocycles. The molecule has 1 N–H and O–H groups in total. The first-order chi connectivity index (χ1) is 7.84. The van der Waals surface area contributed by atoms with Crippen molar-refractivity contribution >= 4 is 11.3 Å². The maximum atomic E-state index is 5.23. The van der Waals surface area contributed by atoms with Crippen LogP contribution in [0.2, 0.25) is 0 Å². The van der Waals surface area contributed by atoms with Crippen molar-refractivity contribution < 1.29 is 4.42 Å². The maximum Gasteiger partial charge on any atom is 0.185 e. The molecule has 0 saturated heterocycles. The van der Waals surface area contributed by atoms with Gasteiger partial charge in [-0.25, -0.2) is 4.98 Å². The van der Waals surface area contributed by atoms with Crippen molar-refractivity contribution in [3.05, 3.63) is 35.6 Å². The lowest BCUT2D eigenvalue weighted by atomic mass is 10.2. The molecule has 3 heterocycles. The molecule has 0 bridgehead atoms. The lowest BCUT2D eigenvalue weighted by Crippen LogP contribution is -1.79. The van der Waals surface area contributed by atoms with Crippen LogP contribution in [0, 0.1) is 6.92 Å². The number of aromatic amines is 1. The van der Waals surface area contributed by atoms with Crippen molar-refractivity contribution in [1.29, 1.82) is 0 Å². The van der Waals surface area contributed by atoms with Crippen molar-refractivity contribution in [2.24, 2.45) is 0 Å². The van der Waals surface area contributed by atoms with Crippen molar-refractivity contribution in [2.45, 2.75) is 6.92 Å². The zero-order chi connectivity index (χ0) is 11.0. The number of aryl methyl sites for hydroxylation is 1. The number of rotatable bonds is 2. The fourth-order valence-corrected chi connectivity index (χ4v) is 2.19. The number of nitrogens with zero attached hydrogens (tertiary/aromatic N) is 2. The third-order valence-electron chi connectivity index (χ3n) is 2.34. The van der Waals surface area contributed by atoms with Gasteiger partial charge in [0, 0.05) is 0 Å². The first kappa shape index (κ1) is 9.35. The van der Waals surface area contributed by atoms with Crippen LogP contribution in [-0.4, -0.2) is 15.2 Å². The van der Waals surface area contributed by atoms with Crippen LogP contribution < -0.4 is 0 Å². The molecule has 3 rings (SSSR count). The molecule has 0 aliphatic rings. The molecule has 0 fully saturated rings. The van der Waals surface area contributed by atoms with Crippen LogP contribution in [-0.2, 0) is 0 Å². The Morgan fingerprint density at radius 1 is 1.38 bits per heavy atom. The van der Waals surface area contributed by atoms with Crippen LogP contribution in [0.15, 0.2) is 34.3 Å². The number of hydrogen-bond acceptors (Lipinski definition) is 4. The highest BCUT2D eigenvalue weighted by Gasteiger charge is 2.11. The normalized spacial score (nSPS) is 10.8. The first-order valence-corrected chi connectivity index (χ1v) is 5.73. The number of hydrogen-bond donors (Lipinski definition) is 1. The molecular weight excluding hydrogens is 222 g/mol. The van der Waals surface area contributed by atoms with E-state index in [0.29, 0.717) is 5.82 Å². The number of aromatic nitrogens is 3. The summed E-state index contributed by atoms with van der Waals surface area (Å²) < 4.78 is 5.23. The monoisotopic (exact) mass is 231 g/mol. The summed E-state index contributed by atoms with van der Waals surface area (Å²) >= 11 is 1.63. The number of nitrogens with one attached hydrogen (secondary N) is 1. The van der Waals surface area contributed by atoms with Gasteiger partial charge in [0.15, 0.2) is 11.6 Å². The van der Waals surface area contributed by atoms with Gasteiger partial charge >= 0.3 is 0 Å². The van der Waals surface area contributed by atoms with Crippen LogP contribution >= 0.6 is 11.3 Å². The van der Waals surface area contributed by atoms with Gasteiger partial charge < -0.3 is 4.42 Å². The molecule has 80 valence electrons. The van der Waals surface area contributed by atoms with Crippen LogP contribution in [0.4, 0.5) is 0 Å². The van der Waals surface area contributed by atoms with E-state index in [1.807, 2.05) is 30.5 Å². The fourth-order valence-electron chi connectivity index (χ4n) is 1.52. The Labute approximate surface area is 96.0 Å². The van der Waals surface area contributed by atoms with Crippen LogP contribution in [0.3, 0.4) is 0 Å². The van der Waals surface area contributed by atoms with Gasteiger partial charge in [-0.2, -0.15) is 5.10 Å². The van der Waals surface area contributed by atoms with E-state index in [1.54, 1.807) is 17.6 Å². The minimum Gasteiger partial charge on any atom is -0.469 e. The molecule has 0 spiro atoms. The lowest BCUT2D eigenvalue weighted by molar-refractivity contribution is 0.535. The summed E-state index contributed by atoms with van der Waals surface area (Å²) in [6.07, 6.45) is 1.64. The minimum absolute atomic E-state index is 0.676. The molecule has 5 heteroatoms. The zero-order valence-corrected chi connectivity index (χ0v) is 9.41. The van der Waals surface area contributed by atoms with E-state index in [1.165, 1.54) is 0 Å². The van der Waals surface area contributed by atoms with Crippen LogP contribution in [0.25, 0.3) is 22.1 Å². The van der Waals surface area contributed by atoms with E-state index < -0.39 is 0 Å². The van der Waals surface area contributed by atoms with Crippen molar-refractivity contribution in [3.8, 4) is 22.1 Å². The minimum atomic E-state index is 0.676. The average molecular weight is 231 g/mol. The lowest BCUT2D eigenvalue weighted by Gasteiger charge is -1.89. The number of H-pyrrole nitrogens is 1. The van der Waals surface area contributed by atoms with Gasteiger partial charge in [0.1, 0.15) is 5.76 Å². The Kier molecular flexibility index (Phi) is 2.11. The van der Waals surface area contributed by atoms with Crippen molar-refractivity contribution in [3.63, 3.8) is 0 Å². The second-order valence-electron chi connectivity index (χ2n) is 3.38. The largest absolute Gasteiger partial charge is 0.469 e. The maximum absolute atomic E-state index is 5.23. The smallest absolute Gasteiger partial charge is 0.185 e. The van der Waals surface area contributed by atoms with Gasteiger partial charge in [0.25, 0.3) is 0 Å². The van der Waals surface area contributed by atoms with Gasteiger partial charge in [-0.3, -0.25) is 5.10 Å². The number of furan rings is 1. The Bertz CT molecular complexity index is 594. The van der Waals surface area contributed by atoms with Gasteiger partial charge in [-0.1, -0.05) is 6.07 Å². The van der Waals surface area contributed by atoms with Gasteiger partial charge in [-0.05, 0) is 24.4 Å². The molecule has 3 aromatic rings. The molecular formula is C11H9N3OS. The topological polar surface area (TPSA) is 54.7 Å². The molecule has 0 saturated carbocycles. The predicted octanol–water partition coefficient (Wildman–Crippen LogP) is 3.10. The fraction of sp³-hybridized carbons (Fsp3) is 0.0909. The summed E-state index contributed by atoms with van der Waals surface area (Å²) in [5.74, 6) is 2.30. The summed E-state index contributed by atoms with van der Waals surface area (Å²) in [5, 5.41) is 9.13. The molecule has 0 aliphatic heterocycles. The van der Waals surface area contributed by atoms with Crippen molar-refractivity contribution in [2.75, 3.05) is 0 Å². The molecule has 0 aliphatic carbocycles. The highest BCUT2D eigenvalue weighted by atomic mass is 32.1. The average Bonchev–Trinajstić information content (AvgIpc) is 2.96. The second kappa shape index (κ2) is 3.61. The molecule has 16 heavy (non-hydrogen) atoms. The van der Waals surface area contributed by atoms with E-state index in [0.717, 1.165) is 22.0 Å². The molecule has 0 radical (unpaired) electrons. The summed E-state index contributed by atoms with van der Waals surface area (Å²) in [6.45, 7) is 1.90. The summed E-state index contributed by atoms with van der Waals surface area (Å²) in [5.41, 5.74) is 0.930. The van der Waals surface area contributed by atoms with E-state index in [9.17, 15) is 0 Å². The molecule has 0 atom stereocenters. The van der Waals surface area contributed by atoms with E-state index in [2.05, 4.69) is 15.2 Å². The third kappa shape index (κ3) is 1.45. The second-order valence-corrected chi connectivity index (χ2v) is 4.32. The quantitative estimate of drug-likeness (QED) is 0.737. The predicted molar refractivity (Wildman–Crippen MR) is 62.1 cm³/mol. The van der Waals surface area contributed by atoms with Gasteiger partial charge in [0.05, 0.1) is 16.7 Å². The zero-order valence-electron chi connectivity index (χ0n) is 8.60. The van der Waals surface area contributed by atoms with Crippen molar-refractivity contribution in [1.82, 2.24) is 15.2 Å². The van der Waals surface area contributed by atoms with E-state index >= 15 is 0 Å². The van der Waals surface area contributed by atoms with Gasteiger partial charge in [-0.15, -0.1) is 11.3 Å². The molecule has 0 unspecified atom stereocenters. The third-order valence-corrected chi connectivity index (χ3v) is 3.22. The highest BCUT2D eigenvalue weighted by molar-refractivity contribution is 7.13. The Morgan fingerprint density at radius 2 is 2.31 bits per heavy atom. The SMILES string of the molecule is Cc1occc1-c1n[nH]c(-c2cccs2)n1. The Hall–Kier alpha value is -1.88. The Balaban J connectivity index is 2.03. The molecule has 0 amide bonds. The molecule has 0 aromatic carbocycles. The Morgan fingerprint density at radius 3 is 3.00 bits per heavy atom. The van der Waals surface area contributed by atoms with Gasteiger partial charge in [0.2, 0.25) is 0 Å². The summed E-state index contributed by atoms with van der Waals surface area (Å²) in [6, 6.07) is 5.87. The van der Waals surface area contributed by atoms with Crippen LogP contribution in [0.5, 0.6) is 0 Å². The highest BCUT2D eigenvalue weighted by Crippen LogP contribution is 2.25. The molecule has 4 nitrogen and oxygen atoms in total.